The summed E-state index contributed by atoms with van der Waals surface area (Å²) < 4.78 is 14.7. The highest BCUT2D eigenvalue weighted by atomic mass is 31.2. The quantitative estimate of drug-likeness (QED) is 0.261. The monoisotopic (exact) mass is 630 g/mol. The Labute approximate surface area is 278 Å². The van der Waals surface area contributed by atoms with Gasteiger partial charge in [-0.15, -0.1) is 0 Å². The molecule has 3 aromatic rings. The molecule has 0 fully saturated rings. The molecule has 0 aliphatic heterocycles. The van der Waals surface area contributed by atoms with Gasteiger partial charge in [-0.2, -0.15) is 0 Å². The van der Waals surface area contributed by atoms with Crippen LogP contribution in [0.3, 0.4) is 0 Å². The van der Waals surface area contributed by atoms with E-state index in [4.69, 9.17) is 9.05 Å². The van der Waals surface area contributed by atoms with E-state index in [1.165, 1.54) is 33.4 Å². The van der Waals surface area contributed by atoms with Gasteiger partial charge in [0.1, 0.15) is 11.5 Å². The van der Waals surface area contributed by atoms with Crippen LogP contribution in [0.1, 0.15) is 158 Å². The molecular weight excluding hydrogens is 567 g/mol. The first-order valence-electron chi connectivity index (χ1n) is 16.7. The Balaban J connectivity index is 2.42. The average molecular weight is 631 g/mol. The summed E-state index contributed by atoms with van der Waals surface area (Å²) in [7, 11) is -1.54. The first-order valence-corrected chi connectivity index (χ1v) is 17.9. The maximum Gasteiger partial charge on any atom is 0.326 e. The van der Waals surface area contributed by atoms with Gasteiger partial charge in [0.05, 0.1) is 5.30 Å². The molecule has 45 heavy (non-hydrogen) atoms. The van der Waals surface area contributed by atoms with Crippen molar-refractivity contribution in [3.8, 4) is 11.5 Å². The van der Waals surface area contributed by atoms with E-state index < -0.39 is 8.38 Å². The minimum atomic E-state index is -1.54. The standard InChI is InChI=1S/C42H63O2P/c1-37(2,3)28-24-31(39(7,8)9)35(32(25-28)40(10,11)12)43-45(30-22-20-19-21-23-30)44-36-33(41(13,14)15)26-29(38(4,5)6)27-34(36)42(16,17)18/h19-27H,1-18H3. The molecule has 3 rings (SSSR count). The lowest BCUT2D eigenvalue weighted by Crippen LogP contribution is -2.25. The van der Waals surface area contributed by atoms with Crippen LogP contribution < -0.4 is 14.4 Å². The van der Waals surface area contributed by atoms with Crippen molar-refractivity contribution in [2.24, 2.45) is 0 Å². The Bertz CT molecular complexity index is 1310. The Morgan fingerprint density at radius 1 is 0.378 bits per heavy atom. The summed E-state index contributed by atoms with van der Waals surface area (Å²) in [6.07, 6.45) is 0. The van der Waals surface area contributed by atoms with Crippen LogP contribution in [0.25, 0.3) is 0 Å². The van der Waals surface area contributed by atoms with E-state index in [1.807, 2.05) is 0 Å². The van der Waals surface area contributed by atoms with Crippen molar-refractivity contribution in [2.75, 3.05) is 0 Å². The zero-order valence-electron chi connectivity index (χ0n) is 32.0. The van der Waals surface area contributed by atoms with E-state index in [0.29, 0.717) is 0 Å². The van der Waals surface area contributed by atoms with Crippen LogP contribution >= 0.6 is 8.38 Å². The van der Waals surface area contributed by atoms with Crippen LogP contribution in [0.2, 0.25) is 0 Å². The fourth-order valence-corrected chi connectivity index (χ4v) is 6.78. The maximum atomic E-state index is 7.36. The van der Waals surface area contributed by atoms with Gasteiger partial charge in [-0.05, 0) is 55.7 Å². The second-order valence-electron chi connectivity index (χ2n) is 19.1. The predicted octanol–water partition coefficient (Wildman–Crippen LogP) is 12.6. The minimum absolute atomic E-state index is 0.0111. The largest absolute Gasteiger partial charge is 0.435 e. The van der Waals surface area contributed by atoms with Gasteiger partial charge >= 0.3 is 8.38 Å². The molecule has 0 aliphatic rings. The van der Waals surface area contributed by atoms with E-state index in [9.17, 15) is 0 Å². The normalized spacial score (nSPS) is 13.8. The minimum Gasteiger partial charge on any atom is -0.435 e. The average Bonchev–Trinajstić information content (AvgIpc) is 2.84. The topological polar surface area (TPSA) is 18.5 Å². The van der Waals surface area contributed by atoms with Gasteiger partial charge in [0.2, 0.25) is 0 Å². The molecule has 0 unspecified atom stereocenters. The summed E-state index contributed by atoms with van der Waals surface area (Å²) in [5.41, 5.74) is 7.06. The van der Waals surface area contributed by atoms with Gasteiger partial charge in [-0.25, -0.2) is 0 Å². The van der Waals surface area contributed by atoms with Crippen molar-refractivity contribution in [2.45, 2.75) is 157 Å². The Kier molecular flexibility index (Phi) is 10.2. The van der Waals surface area contributed by atoms with Crippen LogP contribution in [-0.4, -0.2) is 0 Å². The van der Waals surface area contributed by atoms with Gasteiger partial charge in [-0.3, -0.25) is 0 Å². The molecule has 0 amide bonds. The van der Waals surface area contributed by atoms with Crippen molar-refractivity contribution < 1.29 is 9.05 Å². The van der Waals surface area contributed by atoms with E-state index in [-0.39, 0.29) is 32.5 Å². The molecule has 0 aliphatic carbocycles. The third-order valence-electron chi connectivity index (χ3n) is 8.46. The Morgan fingerprint density at radius 3 is 0.867 bits per heavy atom. The summed E-state index contributed by atoms with van der Waals surface area (Å²) in [5.74, 6) is 1.91. The summed E-state index contributed by atoms with van der Waals surface area (Å²) in [6, 6.07) is 20.1. The number of hydrogen-bond acceptors (Lipinski definition) is 2. The molecule has 0 heterocycles. The van der Waals surface area contributed by atoms with E-state index in [0.717, 1.165) is 16.8 Å². The molecule has 3 heteroatoms. The number of rotatable bonds is 5. The summed E-state index contributed by atoms with van der Waals surface area (Å²) >= 11 is 0. The van der Waals surface area contributed by atoms with Crippen LogP contribution in [0.4, 0.5) is 0 Å². The molecule has 0 saturated carbocycles. The van der Waals surface area contributed by atoms with Gasteiger partial charge in [0.15, 0.2) is 0 Å². The van der Waals surface area contributed by atoms with Crippen molar-refractivity contribution in [1.29, 1.82) is 0 Å². The third-order valence-corrected chi connectivity index (χ3v) is 9.87. The van der Waals surface area contributed by atoms with Crippen LogP contribution in [0.15, 0.2) is 54.6 Å². The van der Waals surface area contributed by atoms with Gasteiger partial charge in [-0.1, -0.05) is 167 Å². The highest BCUT2D eigenvalue weighted by Gasteiger charge is 2.36. The molecule has 2 nitrogen and oxygen atoms in total. The predicted molar refractivity (Wildman–Crippen MR) is 199 cm³/mol. The molecule has 248 valence electrons. The van der Waals surface area contributed by atoms with Gasteiger partial charge in [0.25, 0.3) is 0 Å². The summed E-state index contributed by atoms with van der Waals surface area (Å²) in [6.45, 7) is 41.3. The molecule has 3 aromatic carbocycles. The molecule has 0 atom stereocenters. The lowest BCUT2D eigenvalue weighted by atomic mass is 9.75. The van der Waals surface area contributed by atoms with Crippen LogP contribution in [-0.2, 0) is 32.5 Å². The van der Waals surface area contributed by atoms with Crippen molar-refractivity contribution in [1.82, 2.24) is 0 Å². The molecule has 0 spiro atoms. The molecule has 0 N–H and O–H groups in total. The van der Waals surface area contributed by atoms with Crippen LogP contribution in [0, 0.1) is 0 Å². The Morgan fingerprint density at radius 2 is 0.644 bits per heavy atom. The van der Waals surface area contributed by atoms with Gasteiger partial charge in [0, 0.05) is 22.3 Å². The Hall–Kier alpha value is -2.31. The smallest absolute Gasteiger partial charge is 0.326 e. The zero-order chi connectivity index (χ0) is 34.6. The first-order chi connectivity index (χ1) is 20.1. The number of hydrogen-bond donors (Lipinski definition) is 0. The molecule has 0 bridgehead atoms. The molecular formula is C42H63O2P. The summed E-state index contributed by atoms with van der Waals surface area (Å²) in [5, 5.41) is 1.06. The molecule has 0 saturated heterocycles. The third kappa shape index (κ3) is 8.94. The van der Waals surface area contributed by atoms with E-state index >= 15 is 0 Å². The SMILES string of the molecule is CC(C)(C)c1cc(C(C)(C)C)c(OP(Oc2c(C(C)(C)C)cc(C(C)(C)C)cc2C(C)(C)C)c2ccccc2)c(C(C)(C)C)c1. The second-order valence-corrected chi connectivity index (χ2v) is 20.5. The molecule has 0 radical (unpaired) electrons. The highest BCUT2D eigenvalue weighted by molar-refractivity contribution is 7.56. The second kappa shape index (κ2) is 12.4. The van der Waals surface area contributed by atoms with Crippen molar-refractivity contribution >= 4 is 13.7 Å². The number of benzene rings is 3. The van der Waals surface area contributed by atoms with Crippen molar-refractivity contribution in [3.05, 3.63) is 88.0 Å². The van der Waals surface area contributed by atoms with Crippen LogP contribution in [0.5, 0.6) is 11.5 Å². The van der Waals surface area contributed by atoms with E-state index in [1.54, 1.807) is 0 Å². The fraction of sp³-hybridized carbons (Fsp3) is 0.571. The van der Waals surface area contributed by atoms with Crippen molar-refractivity contribution in [3.63, 3.8) is 0 Å². The maximum absolute atomic E-state index is 7.36. The fourth-order valence-electron chi connectivity index (χ4n) is 5.39. The molecule has 0 aromatic heterocycles. The summed E-state index contributed by atoms with van der Waals surface area (Å²) in [4.78, 5) is 0. The lowest BCUT2D eigenvalue weighted by molar-refractivity contribution is 0.440. The first kappa shape index (κ1) is 37.2. The van der Waals surface area contributed by atoms with E-state index in [2.05, 4.69) is 179 Å². The highest BCUT2D eigenvalue weighted by Crippen LogP contribution is 2.52. The zero-order valence-corrected chi connectivity index (χ0v) is 32.9. The van der Waals surface area contributed by atoms with Gasteiger partial charge < -0.3 is 9.05 Å². The lowest BCUT2D eigenvalue weighted by Gasteiger charge is -2.36.